The molecule has 1 unspecified atom stereocenters. The number of ketones is 1. The van der Waals surface area contributed by atoms with Crippen molar-refractivity contribution in [1.29, 1.82) is 0 Å². The maximum Gasteiger partial charge on any atom is 0.156 e. The number of carbonyl (C=O) groups excluding carboxylic acids is 1. The van der Waals surface area contributed by atoms with Crippen LogP contribution in [0.25, 0.3) is 0 Å². The molecule has 2 saturated carbocycles. The fourth-order valence-electron chi connectivity index (χ4n) is 5.48. The third-order valence-electron chi connectivity index (χ3n) is 6.19. The van der Waals surface area contributed by atoms with Crippen molar-refractivity contribution in [2.45, 2.75) is 58.3 Å². The molecule has 19 heavy (non-hydrogen) atoms. The minimum absolute atomic E-state index is 0.362. The molecule has 0 N–H and O–H groups in total. The molecule has 4 aliphatic carbocycles. The van der Waals surface area contributed by atoms with Crippen molar-refractivity contribution in [2.75, 3.05) is 0 Å². The number of rotatable bonds is 0. The van der Waals surface area contributed by atoms with Crippen LogP contribution in [0, 0.1) is 23.7 Å². The van der Waals surface area contributed by atoms with Gasteiger partial charge >= 0.3 is 0 Å². The van der Waals surface area contributed by atoms with Crippen LogP contribution < -0.4 is 0 Å². The second-order valence-electron chi connectivity index (χ2n) is 7.32. The van der Waals surface area contributed by atoms with Crippen molar-refractivity contribution in [3.8, 4) is 0 Å². The van der Waals surface area contributed by atoms with Crippen LogP contribution in [0.1, 0.15) is 58.3 Å². The summed E-state index contributed by atoms with van der Waals surface area (Å²) in [5, 5.41) is 0. The Hall–Kier alpha value is -0.850. The smallest absolute Gasteiger partial charge is 0.156 e. The van der Waals surface area contributed by atoms with Gasteiger partial charge in [-0.15, -0.1) is 0 Å². The van der Waals surface area contributed by atoms with E-state index < -0.39 is 0 Å². The number of carbonyl (C=O) groups is 1. The fraction of sp³-hybridized carbons (Fsp3) is 0.722. The standard InChI is InChI=1S/C18H24O/c1-11-8-12-2-5-16-15-7-4-14(19)10-13(15)3-6-17(16)18(12)9-11/h10-12,17-18H,2-9H2,1H3/t11?,12-,17-,18-/m1/s1. The molecule has 1 nitrogen and oxygen atoms in total. The third kappa shape index (κ3) is 1.85. The highest BCUT2D eigenvalue weighted by Crippen LogP contribution is 2.55. The van der Waals surface area contributed by atoms with E-state index in [4.69, 9.17) is 0 Å². The summed E-state index contributed by atoms with van der Waals surface area (Å²) in [5.74, 6) is 4.18. The van der Waals surface area contributed by atoms with Gasteiger partial charge in [-0.3, -0.25) is 4.79 Å². The quantitative estimate of drug-likeness (QED) is 0.626. The Labute approximate surface area is 116 Å². The highest BCUT2D eigenvalue weighted by molar-refractivity contribution is 5.93. The van der Waals surface area contributed by atoms with Gasteiger partial charge in [0.15, 0.2) is 5.78 Å². The molecule has 4 rings (SSSR count). The lowest BCUT2D eigenvalue weighted by Crippen LogP contribution is -2.30. The molecule has 102 valence electrons. The molecule has 2 fully saturated rings. The SMILES string of the molecule is CC1C[C@H]2CCC3=C4CCC(=O)C=C4CC[C@H]3[C@@H]2C1. The lowest BCUT2D eigenvalue weighted by molar-refractivity contribution is -0.114. The van der Waals surface area contributed by atoms with Gasteiger partial charge in [0.25, 0.3) is 0 Å². The van der Waals surface area contributed by atoms with Gasteiger partial charge in [-0.1, -0.05) is 12.5 Å². The van der Waals surface area contributed by atoms with Crippen molar-refractivity contribution in [3.05, 3.63) is 22.8 Å². The third-order valence-corrected chi connectivity index (χ3v) is 6.19. The molecule has 0 aromatic rings. The van der Waals surface area contributed by atoms with Crippen molar-refractivity contribution in [3.63, 3.8) is 0 Å². The zero-order valence-corrected chi connectivity index (χ0v) is 12.0. The maximum absolute atomic E-state index is 11.6. The molecular formula is C18H24O. The van der Waals surface area contributed by atoms with E-state index in [1.807, 2.05) is 6.08 Å². The summed E-state index contributed by atoms with van der Waals surface area (Å²) < 4.78 is 0. The monoisotopic (exact) mass is 256 g/mol. The van der Waals surface area contributed by atoms with E-state index >= 15 is 0 Å². The molecule has 0 spiro atoms. The van der Waals surface area contributed by atoms with Gasteiger partial charge in [0.2, 0.25) is 0 Å². The van der Waals surface area contributed by atoms with Crippen molar-refractivity contribution in [1.82, 2.24) is 0 Å². The van der Waals surface area contributed by atoms with Gasteiger partial charge in [0.05, 0.1) is 0 Å². The Morgan fingerprint density at radius 1 is 1.05 bits per heavy atom. The summed E-state index contributed by atoms with van der Waals surface area (Å²) >= 11 is 0. The first-order valence-electron chi connectivity index (χ1n) is 8.18. The molecule has 0 aromatic heterocycles. The van der Waals surface area contributed by atoms with Crippen LogP contribution >= 0.6 is 0 Å². The van der Waals surface area contributed by atoms with Crippen LogP contribution in [0.4, 0.5) is 0 Å². The lowest BCUT2D eigenvalue weighted by Gasteiger charge is -2.42. The number of hydrogen-bond donors (Lipinski definition) is 0. The summed E-state index contributed by atoms with van der Waals surface area (Å²) in [6.07, 6.45) is 12.0. The highest BCUT2D eigenvalue weighted by atomic mass is 16.1. The summed E-state index contributed by atoms with van der Waals surface area (Å²) in [4.78, 5) is 11.6. The van der Waals surface area contributed by atoms with Crippen molar-refractivity contribution in [2.24, 2.45) is 23.7 Å². The first-order chi connectivity index (χ1) is 9.22. The molecule has 0 heterocycles. The molecule has 0 aliphatic heterocycles. The summed E-state index contributed by atoms with van der Waals surface area (Å²) in [7, 11) is 0. The van der Waals surface area contributed by atoms with E-state index in [1.54, 1.807) is 11.1 Å². The Morgan fingerprint density at radius 3 is 2.84 bits per heavy atom. The first-order valence-corrected chi connectivity index (χ1v) is 8.18. The van der Waals surface area contributed by atoms with E-state index in [0.717, 1.165) is 36.5 Å². The van der Waals surface area contributed by atoms with Gasteiger partial charge in [0.1, 0.15) is 0 Å². The number of hydrogen-bond acceptors (Lipinski definition) is 1. The lowest BCUT2D eigenvalue weighted by atomic mass is 9.63. The molecule has 0 bridgehead atoms. The van der Waals surface area contributed by atoms with Crippen molar-refractivity contribution >= 4 is 5.78 Å². The normalized spacial score (nSPS) is 41.5. The van der Waals surface area contributed by atoms with Gasteiger partial charge in [0, 0.05) is 6.42 Å². The van der Waals surface area contributed by atoms with Gasteiger partial charge in [-0.2, -0.15) is 0 Å². The predicted molar refractivity (Wildman–Crippen MR) is 76.7 cm³/mol. The highest BCUT2D eigenvalue weighted by Gasteiger charge is 2.43. The zero-order valence-electron chi connectivity index (χ0n) is 12.0. The van der Waals surface area contributed by atoms with E-state index in [9.17, 15) is 4.79 Å². The molecular weight excluding hydrogens is 232 g/mol. The predicted octanol–water partition coefficient (Wildman–Crippen LogP) is 4.44. The average Bonchev–Trinajstić information content (AvgIpc) is 2.78. The molecule has 0 saturated heterocycles. The second-order valence-corrected chi connectivity index (χ2v) is 7.32. The van der Waals surface area contributed by atoms with Crippen LogP contribution in [0.5, 0.6) is 0 Å². The Balaban J connectivity index is 1.71. The minimum Gasteiger partial charge on any atom is -0.295 e. The maximum atomic E-state index is 11.6. The molecule has 4 atom stereocenters. The summed E-state index contributed by atoms with van der Waals surface area (Å²) in [6.45, 7) is 2.44. The number of fused-ring (bicyclic) bond motifs is 4. The fourth-order valence-corrected chi connectivity index (χ4v) is 5.48. The first kappa shape index (κ1) is 11.9. The van der Waals surface area contributed by atoms with E-state index in [0.29, 0.717) is 5.78 Å². The molecule has 0 amide bonds. The van der Waals surface area contributed by atoms with Gasteiger partial charge in [-0.05, 0) is 85.8 Å². The average molecular weight is 256 g/mol. The van der Waals surface area contributed by atoms with Crippen molar-refractivity contribution < 1.29 is 4.79 Å². The van der Waals surface area contributed by atoms with E-state index in [2.05, 4.69) is 6.92 Å². The Kier molecular flexibility index (Phi) is 2.72. The Morgan fingerprint density at radius 2 is 1.95 bits per heavy atom. The van der Waals surface area contributed by atoms with Crippen LogP contribution in [0.3, 0.4) is 0 Å². The molecule has 0 radical (unpaired) electrons. The second kappa shape index (κ2) is 4.33. The van der Waals surface area contributed by atoms with E-state index in [1.165, 1.54) is 44.1 Å². The summed E-state index contributed by atoms with van der Waals surface area (Å²) in [5.41, 5.74) is 4.81. The van der Waals surface area contributed by atoms with Crippen LogP contribution in [-0.4, -0.2) is 5.78 Å². The number of allylic oxidation sites excluding steroid dienone is 4. The zero-order chi connectivity index (χ0) is 13.0. The summed E-state index contributed by atoms with van der Waals surface area (Å²) in [6, 6.07) is 0. The Bertz CT molecular complexity index is 482. The molecule has 4 aliphatic rings. The van der Waals surface area contributed by atoms with Crippen LogP contribution in [0.15, 0.2) is 22.8 Å². The van der Waals surface area contributed by atoms with E-state index in [-0.39, 0.29) is 0 Å². The van der Waals surface area contributed by atoms with Crippen LogP contribution in [-0.2, 0) is 4.79 Å². The van der Waals surface area contributed by atoms with Gasteiger partial charge < -0.3 is 0 Å². The van der Waals surface area contributed by atoms with Crippen LogP contribution in [0.2, 0.25) is 0 Å². The minimum atomic E-state index is 0.362. The van der Waals surface area contributed by atoms with Gasteiger partial charge in [-0.25, -0.2) is 0 Å². The molecule has 0 aromatic carbocycles. The molecule has 1 heteroatoms. The topological polar surface area (TPSA) is 17.1 Å². The largest absolute Gasteiger partial charge is 0.295 e.